The molecule has 0 fully saturated rings. The molecular weight excluding hydrogens is 420 g/mol. The van der Waals surface area contributed by atoms with Crippen molar-refractivity contribution in [2.24, 2.45) is 0 Å². The number of carbonyl (C=O) groups is 1. The van der Waals surface area contributed by atoms with Crippen molar-refractivity contribution < 1.29 is 23.7 Å². The Morgan fingerprint density at radius 3 is 2.61 bits per heavy atom. The van der Waals surface area contributed by atoms with Crippen molar-refractivity contribution in [3.8, 4) is 17.2 Å². The average molecular weight is 443 g/mol. The Morgan fingerprint density at radius 1 is 1.16 bits per heavy atom. The van der Waals surface area contributed by atoms with Crippen molar-refractivity contribution in [2.45, 2.75) is 13.5 Å². The van der Waals surface area contributed by atoms with Gasteiger partial charge in [-0.05, 0) is 43.3 Å². The van der Waals surface area contributed by atoms with Gasteiger partial charge in [0.05, 0.1) is 18.7 Å². The van der Waals surface area contributed by atoms with Gasteiger partial charge in [0, 0.05) is 42.8 Å². The van der Waals surface area contributed by atoms with Gasteiger partial charge in [0.1, 0.15) is 10.9 Å². The van der Waals surface area contributed by atoms with E-state index in [2.05, 4.69) is 4.98 Å². The third-order valence-corrected chi connectivity index (χ3v) is 5.29. The average Bonchev–Trinajstić information content (AvgIpc) is 3.23. The molecule has 31 heavy (non-hydrogen) atoms. The van der Waals surface area contributed by atoms with Gasteiger partial charge >= 0.3 is 0 Å². The van der Waals surface area contributed by atoms with Gasteiger partial charge in [-0.25, -0.2) is 4.98 Å². The fraction of sp³-hybridized carbons (Fsp3) is 0.304. The number of hydrogen-bond donors (Lipinski definition) is 0. The van der Waals surface area contributed by atoms with E-state index in [1.54, 1.807) is 42.3 Å². The minimum Gasteiger partial charge on any atom is -0.494 e. The van der Waals surface area contributed by atoms with Crippen LogP contribution in [0.3, 0.4) is 0 Å². The predicted molar refractivity (Wildman–Crippen MR) is 117 cm³/mol. The van der Waals surface area contributed by atoms with Gasteiger partial charge in [0.15, 0.2) is 11.5 Å². The Bertz CT molecular complexity index is 1090. The molecule has 0 radical (unpaired) electrons. The molecule has 7 nitrogen and oxygen atoms in total. The number of hydrogen-bond acceptors (Lipinski definition) is 6. The number of amides is 1. The number of nitrogens with zero attached hydrogens (tertiary/aromatic N) is 2. The fourth-order valence-corrected chi connectivity index (χ4v) is 3.60. The Balaban J connectivity index is 1.60. The molecule has 0 aliphatic carbocycles. The Hall–Kier alpha value is -3.03. The molecule has 162 valence electrons. The van der Waals surface area contributed by atoms with Gasteiger partial charge in [-0.1, -0.05) is 11.6 Å². The molecule has 1 aromatic heterocycles. The molecule has 4 rings (SSSR count). The van der Waals surface area contributed by atoms with Crippen molar-refractivity contribution >= 4 is 28.4 Å². The van der Waals surface area contributed by atoms with Gasteiger partial charge in [-0.15, -0.1) is 0 Å². The molecule has 1 aliphatic heterocycles. The monoisotopic (exact) mass is 442 g/mol. The highest BCUT2D eigenvalue weighted by Crippen LogP contribution is 2.36. The second-order valence-electron chi connectivity index (χ2n) is 7.01. The maximum absolute atomic E-state index is 13.2. The van der Waals surface area contributed by atoms with Crippen LogP contribution in [0.4, 0.5) is 0 Å². The molecule has 0 N–H and O–H groups in total. The molecule has 0 bridgehead atoms. The molecule has 0 saturated heterocycles. The van der Waals surface area contributed by atoms with Crippen molar-refractivity contribution in [1.29, 1.82) is 0 Å². The molecule has 3 aromatic rings. The lowest BCUT2D eigenvalue weighted by molar-refractivity contribution is 0.0680. The number of aromatic nitrogens is 1. The summed E-state index contributed by atoms with van der Waals surface area (Å²) in [5.74, 6) is 1.92. The molecule has 2 aromatic carbocycles. The number of benzene rings is 2. The highest BCUT2D eigenvalue weighted by atomic mass is 35.5. The molecule has 0 saturated carbocycles. The first-order chi connectivity index (χ1) is 15.1. The predicted octanol–water partition coefficient (Wildman–Crippen LogP) is 4.30. The second kappa shape index (κ2) is 9.41. The van der Waals surface area contributed by atoms with E-state index in [4.69, 9.17) is 30.5 Å². The number of fused-ring (bicyclic) bond motifs is 2. The van der Waals surface area contributed by atoms with Crippen LogP contribution in [0.5, 0.6) is 17.2 Å². The van der Waals surface area contributed by atoms with Crippen LogP contribution in [0, 0.1) is 0 Å². The normalized spacial score (nSPS) is 12.2. The number of rotatable bonds is 8. The van der Waals surface area contributed by atoms with E-state index in [9.17, 15) is 4.79 Å². The topological polar surface area (TPSA) is 70.1 Å². The van der Waals surface area contributed by atoms with E-state index in [-0.39, 0.29) is 12.7 Å². The summed E-state index contributed by atoms with van der Waals surface area (Å²) in [6.07, 6.45) is 0. The van der Waals surface area contributed by atoms with Gasteiger partial charge in [0.2, 0.25) is 6.79 Å². The van der Waals surface area contributed by atoms with Gasteiger partial charge in [0.25, 0.3) is 5.91 Å². The fourth-order valence-electron chi connectivity index (χ4n) is 3.40. The number of pyridine rings is 1. The first-order valence-electron chi connectivity index (χ1n) is 9.99. The van der Waals surface area contributed by atoms with E-state index in [0.29, 0.717) is 54.0 Å². The Labute approximate surface area is 185 Å². The minimum atomic E-state index is -0.123. The first kappa shape index (κ1) is 21.2. The van der Waals surface area contributed by atoms with Crippen molar-refractivity contribution in [1.82, 2.24) is 9.88 Å². The molecule has 8 heteroatoms. The van der Waals surface area contributed by atoms with E-state index >= 15 is 0 Å². The molecule has 0 spiro atoms. The lowest BCUT2D eigenvalue weighted by Crippen LogP contribution is -2.33. The lowest BCUT2D eigenvalue weighted by Gasteiger charge is -2.23. The maximum Gasteiger partial charge on any atom is 0.254 e. The lowest BCUT2D eigenvalue weighted by atomic mass is 10.1. The first-order valence-corrected chi connectivity index (χ1v) is 10.4. The highest BCUT2D eigenvalue weighted by molar-refractivity contribution is 6.30. The molecule has 1 amide bonds. The van der Waals surface area contributed by atoms with Crippen LogP contribution in [-0.2, 0) is 11.3 Å². The zero-order chi connectivity index (χ0) is 21.8. The van der Waals surface area contributed by atoms with Crippen molar-refractivity contribution in [3.63, 3.8) is 0 Å². The van der Waals surface area contributed by atoms with Crippen LogP contribution < -0.4 is 14.2 Å². The number of methoxy groups -OCH3 is 1. The van der Waals surface area contributed by atoms with Crippen molar-refractivity contribution in [2.75, 3.05) is 33.7 Å². The quantitative estimate of drug-likeness (QED) is 0.484. The number of ether oxygens (including phenoxy) is 4. The zero-order valence-electron chi connectivity index (χ0n) is 17.4. The molecule has 0 atom stereocenters. The van der Waals surface area contributed by atoms with Gasteiger partial charge in [-0.3, -0.25) is 4.79 Å². The van der Waals surface area contributed by atoms with Gasteiger partial charge < -0.3 is 23.8 Å². The summed E-state index contributed by atoms with van der Waals surface area (Å²) in [6.45, 7) is 3.79. The number of carbonyl (C=O) groups excluding carboxylic acids is 1. The molecule has 0 unspecified atom stereocenters. The second-order valence-corrected chi connectivity index (χ2v) is 7.37. The highest BCUT2D eigenvalue weighted by Gasteiger charge is 2.20. The van der Waals surface area contributed by atoms with Crippen LogP contribution in [0.15, 0.2) is 42.5 Å². The maximum atomic E-state index is 13.2. The summed E-state index contributed by atoms with van der Waals surface area (Å²) in [6, 6.07) is 12.7. The third kappa shape index (κ3) is 4.68. The van der Waals surface area contributed by atoms with E-state index < -0.39 is 0 Å². The summed E-state index contributed by atoms with van der Waals surface area (Å²) < 4.78 is 21.5. The zero-order valence-corrected chi connectivity index (χ0v) is 18.1. The molecule has 2 heterocycles. The summed E-state index contributed by atoms with van der Waals surface area (Å²) in [7, 11) is 1.60. The van der Waals surface area contributed by atoms with E-state index in [0.717, 1.165) is 16.7 Å². The summed E-state index contributed by atoms with van der Waals surface area (Å²) in [4.78, 5) is 19.4. The van der Waals surface area contributed by atoms with Crippen LogP contribution in [0.1, 0.15) is 22.8 Å². The number of halogens is 1. The van der Waals surface area contributed by atoms with Crippen LogP contribution in [-0.4, -0.2) is 49.5 Å². The summed E-state index contributed by atoms with van der Waals surface area (Å²) in [5.41, 5.74) is 2.01. The summed E-state index contributed by atoms with van der Waals surface area (Å²) >= 11 is 6.47. The standard InChI is InChI=1S/C23H23ClN2O5/c1-3-29-18-6-4-15(5-7-18)23(27)26(8-9-28-2)13-17-10-16-11-20-21(31-14-30-20)12-19(16)25-22(17)24/h4-7,10-12H,3,8-9,13-14H2,1-2H3. The van der Waals surface area contributed by atoms with Gasteiger partial charge in [-0.2, -0.15) is 0 Å². The van der Waals surface area contributed by atoms with Crippen LogP contribution >= 0.6 is 11.6 Å². The molecule has 1 aliphatic rings. The third-order valence-electron chi connectivity index (χ3n) is 4.96. The summed E-state index contributed by atoms with van der Waals surface area (Å²) in [5, 5.41) is 1.21. The Kier molecular flexibility index (Phi) is 6.44. The van der Waals surface area contributed by atoms with E-state index in [1.165, 1.54) is 0 Å². The van der Waals surface area contributed by atoms with Crippen LogP contribution in [0.2, 0.25) is 5.15 Å². The SMILES string of the molecule is CCOc1ccc(C(=O)N(CCOC)Cc2cc3cc4c(cc3nc2Cl)OCO4)cc1. The van der Waals surface area contributed by atoms with Crippen molar-refractivity contribution in [3.05, 3.63) is 58.7 Å². The van der Waals surface area contributed by atoms with E-state index in [1.807, 2.05) is 19.1 Å². The molecular formula is C23H23ClN2O5. The largest absolute Gasteiger partial charge is 0.494 e. The smallest absolute Gasteiger partial charge is 0.254 e. The van der Waals surface area contributed by atoms with Crippen LogP contribution in [0.25, 0.3) is 10.9 Å². The minimum absolute atomic E-state index is 0.123. The Morgan fingerprint density at radius 2 is 1.90 bits per heavy atom.